The second-order valence-electron chi connectivity index (χ2n) is 5.55. The van der Waals surface area contributed by atoms with Crippen LogP contribution in [0.1, 0.15) is 43.1 Å². The highest BCUT2D eigenvalue weighted by Gasteiger charge is 2.24. The number of nitrogens with zero attached hydrogens (tertiary/aromatic N) is 1. The highest BCUT2D eigenvalue weighted by atomic mass is 32.1. The largest absolute Gasteiger partial charge is 0.448 e. The molecule has 0 saturated heterocycles. The molecule has 1 amide bonds. The van der Waals surface area contributed by atoms with Gasteiger partial charge in [0, 0.05) is 11.4 Å². The second-order valence-corrected chi connectivity index (χ2v) is 7.36. The van der Waals surface area contributed by atoms with E-state index in [2.05, 4.69) is 10.3 Å². The van der Waals surface area contributed by atoms with E-state index < -0.39 is 12.1 Å². The Morgan fingerprint density at radius 3 is 2.83 bits per heavy atom. The van der Waals surface area contributed by atoms with Crippen molar-refractivity contribution >= 4 is 34.6 Å². The number of hydrogen-bond acceptors (Lipinski definition) is 6. The smallest absolute Gasteiger partial charge is 0.358 e. The molecule has 1 aliphatic carbocycles. The van der Waals surface area contributed by atoms with Gasteiger partial charge in [0.05, 0.1) is 4.88 Å². The molecular weight excluding hydrogens is 332 g/mol. The summed E-state index contributed by atoms with van der Waals surface area (Å²) in [6.07, 6.45) is 3.48. The van der Waals surface area contributed by atoms with Gasteiger partial charge in [-0.05, 0) is 31.2 Å². The first-order valence-electron chi connectivity index (χ1n) is 7.64. The molecule has 2 aromatic heterocycles. The molecule has 0 aromatic carbocycles. The number of ether oxygens (including phenoxy) is 1. The van der Waals surface area contributed by atoms with Crippen molar-refractivity contribution in [3.63, 3.8) is 0 Å². The van der Waals surface area contributed by atoms with Crippen LogP contribution in [0.2, 0.25) is 0 Å². The third-order valence-corrected chi connectivity index (χ3v) is 5.68. The molecule has 1 aliphatic rings. The van der Waals surface area contributed by atoms with Crippen molar-refractivity contribution in [1.82, 2.24) is 10.3 Å². The summed E-state index contributed by atoms with van der Waals surface area (Å²) in [4.78, 5) is 29.5. The van der Waals surface area contributed by atoms with Crippen LogP contribution in [-0.2, 0) is 9.53 Å². The average Bonchev–Trinajstić information content (AvgIpc) is 3.28. The molecule has 3 rings (SSSR count). The van der Waals surface area contributed by atoms with Crippen molar-refractivity contribution < 1.29 is 14.3 Å². The normalized spacial score (nSPS) is 16.2. The molecule has 2 aromatic rings. The molecule has 0 unspecified atom stereocenters. The maximum absolute atomic E-state index is 12.1. The zero-order valence-corrected chi connectivity index (χ0v) is 14.4. The molecule has 2 heterocycles. The molecule has 5 nitrogen and oxygen atoms in total. The number of thiophene rings is 1. The summed E-state index contributed by atoms with van der Waals surface area (Å²) >= 11 is 2.96. The van der Waals surface area contributed by atoms with Crippen molar-refractivity contribution in [2.45, 2.75) is 44.8 Å². The average molecular weight is 350 g/mol. The van der Waals surface area contributed by atoms with Crippen molar-refractivity contribution in [1.29, 1.82) is 0 Å². The SMILES string of the molecule is C[C@@H](OC(=O)c1csc(-c2cccs2)n1)C(=O)NC1CCCC1. The summed E-state index contributed by atoms with van der Waals surface area (Å²) in [6, 6.07) is 4.11. The van der Waals surface area contributed by atoms with Gasteiger partial charge in [0.15, 0.2) is 11.8 Å². The molecule has 0 bridgehead atoms. The van der Waals surface area contributed by atoms with E-state index in [-0.39, 0.29) is 17.6 Å². The summed E-state index contributed by atoms with van der Waals surface area (Å²) in [6.45, 7) is 1.59. The molecular formula is C16H18N2O3S2. The Bertz CT molecular complexity index is 675. The topological polar surface area (TPSA) is 68.3 Å². The predicted molar refractivity (Wildman–Crippen MR) is 90.7 cm³/mol. The lowest BCUT2D eigenvalue weighted by Crippen LogP contribution is -2.40. The van der Waals surface area contributed by atoms with E-state index in [9.17, 15) is 9.59 Å². The van der Waals surface area contributed by atoms with E-state index in [0.717, 1.165) is 35.6 Å². The maximum Gasteiger partial charge on any atom is 0.358 e. The molecule has 122 valence electrons. The minimum atomic E-state index is -0.810. The van der Waals surface area contributed by atoms with Crippen LogP contribution < -0.4 is 5.32 Å². The third kappa shape index (κ3) is 3.97. The van der Waals surface area contributed by atoms with Crippen LogP contribution in [0.3, 0.4) is 0 Å². The lowest BCUT2D eigenvalue weighted by atomic mass is 10.2. The minimum Gasteiger partial charge on any atom is -0.448 e. The van der Waals surface area contributed by atoms with Crippen LogP contribution in [0.15, 0.2) is 22.9 Å². The van der Waals surface area contributed by atoms with E-state index in [1.165, 1.54) is 11.3 Å². The van der Waals surface area contributed by atoms with E-state index in [4.69, 9.17) is 4.74 Å². The Morgan fingerprint density at radius 2 is 2.13 bits per heavy atom. The van der Waals surface area contributed by atoms with Gasteiger partial charge in [0.25, 0.3) is 5.91 Å². The fourth-order valence-electron chi connectivity index (χ4n) is 2.54. The molecule has 23 heavy (non-hydrogen) atoms. The predicted octanol–water partition coefficient (Wildman–Crippen LogP) is 3.48. The van der Waals surface area contributed by atoms with Gasteiger partial charge in [0.1, 0.15) is 5.01 Å². The second kappa shape index (κ2) is 7.23. The monoisotopic (exact) mass is 350 g/mol. The summed E-state index contributed by atoms with van der Waals surface area (Å²) in [5, 5.41) is 7.35. The first-order chi connectivity index (χ1) is 11.1. The van der Waals surface area contributed by atoms with Gasteiger partial charge in [-0.15, -0.1) is 22.7 Å². The highest BCUT2D eigenvalue weighted by Crippen LogP contribution is 2.28. The lowest BCUT2D eigenvalue weighted by molar-refractivity contribution is -0.129. The Kier molecular flexibility index (Phi) is 5.07. The lowest BCUT2D eigenvalue weighted by Gasteiger charge is -2.16. The number of carbonyl (C=O) groups is 2. The Labute approximate surface area is 142 Å². The highest BCUT2D eigenvalue weighted by molar-refractivity contribution is 7.20. The standard InChI is InChI=1S/C16H18N2O3S2/c1-10(14(19)17-11-5-2-3-6-11)21-16(20)12-9-23-15(18-12)13-7-4-8-22-13/h4,7-11H,2-3,5-6H2,1H3,(H,17,19)/t10-/m1/s1. The van der Waals surface area contributed by atoms with Crippen molar-refractivity contribution in [2.24, 2.45) is 0 Å². The Morgan fingerprint density at radius 1 is 1.35 bits per heavy atom. The zero-order chi connectivity index (χ0) is 16.2. The van der Waals surface area contributed by atoms with E-state index >= 15 is 0 Å². The van der Waals surface area contributed by atoms with Crippen molar-refractivity contribution in [2.75, 3.05) is 0 Å². The first kappa shape index (κ1) is 16.1. The van der Waals surface area contributed by atoms with Crippen LogP contribution in [0.25, 0.3) is 9.88 Å². The van der Waals surface area contributed by atoms with Crippen LogP contribution in [0.4, 0.5) is 0 Å². The molecule has 1 atom stereocenters. The Hall–Kier alpha value is -1.73. The van der Waals surface area contributed by atoms with Crippen molar-refractivity contribution in [3.05, 3.63) is 28.6 Å². The third-order valence-electron chi connectivity index (χ3n) is 3.80. The van der Waals surface area contributed by atoms with Crippen molar-refractivity contribution in [3.8, 4) is 9.88 Å². The van der Waals surface area contributed by atoms with Crippen LogP contribution in [-0.4, -0.2) is 29.0 Å². The number of carbonyl (C=O) groups excluding carboxylic acids is 2. The number of nitrogens with one attached hydrogen (secondary N) is 1. The molecule has 0 spiro atoms. The van der Waals surface area contributed by atoms with E-state index in [1.807, 2.05) is 17.5 Å². The van der Waals surface area contributed by atoms with Gasteiger partial charge in [-0.25, -0.2) is 9.78 Å². The number of thiazole rings is 1. The van der Waals surface area contributed by atoms with Gasteiger partial charge in [0.2, 0.25) is 0 Å². The van der Waals surface area contributed by atoms with Crippen LogP contribution in [0, 0.1) is 0 Å². The van der Waals surface area contributed by atoms with E-state index in [0.29, 0.717) is 0 Å². The summed E-state index contributed by atoms with van der Waals surface area (Å²) in [7, 11) is 0. The Balaban J connectivity index is 1.56. The summed E-state index contributed by atoms with van der Waals surface area (Å²) < 4.78 is 5.24. The summed E-state index contributed by atoms with van der Waals surface area (Å²) in [5.74, 6) is -0.794. The number of aromatic nitrogens is 1. The van der Waals surface area contributed by atoms with Gasteiger partial charge >= 0.3 is 5.97 Å². The summed E-state index contributed by atoms with van der Waals surface area (Å²) in [5.41, 5.74) is 0.249. The van der Waals surface area contributed by atoms with Gasteiger partial charge in [-0.2, -0.15) is 0 Å². The van der Waals surface area contributed by atoms with Crippen LogP contribution >= 0.6 is 22.7 Å². The number of esters is 1. The molecule has 0 radical (unpaired) electrons. The maximum atomic E-state index is 12.1. The molecule has 7 heteroatoms. The van der Waals surface area contributed by atoms with Crippen LogP contribution in [0.5, 0.6) is 0 Å². The minimum absolute atomic E-state index is 0.216. The fraction of sp³-hybridized carbons (Fsp3) is 0.438. The molecule has 1 saturated carbocycles. The van der Waals surface area contributed by atoms with E-state index in [1.54, 1.807) is 23.6 Å². The zero-order valence-electron chi connectivity index (χ0n) is 12.8. The number of rotatable bonds is 5. The quantitative estimate of drug-likeness (QED) is 0.838. The van der Waals surface area contributed by atoms with Gasteiger partial charge in [-0.3, -0.25) is 4.79 Å². The first-order valence-corrected chi connectivity index (χ1v) is 9.40. The molecule has 1 N–H and O–H groups in total. The fourth-order valence-corrected chi connectivity index (χ4v) is 4.15. The molecule has 1 fully saturated rings. The number of amides is 1. The number of hydrogen-bond donors (Lipinski definition) is 1. The van der Waals surface area contributed by atoms with Gasteiger partial charge < -0.3 is 10.1 Å². The molecule has 0 aliphatic heterocycles. The van der Waals surface area contributed by atoms with Gasteiger partial charge in [-0.1, -0.05) is 18.9 Å².